The highest BCUT2D eigenvalue weighted by Gasteiger charge is 2.15. The van der Waals surface area contributed by atoms with Crippen molar-refractivity contribution in [2.45, 2.75) is 20.4 Å². The van der Waals surface area contributed by atoms with Crippen LogP contribution in [-0.4, -0.2) is 16.1 Å². The molecule has 0 unspecified atom stereocenters. The Labute approximate surface area is 134 Å². The van der Waals surface area contributed by atoms with Gasteiger partial charge in [-0.1, -0.05) is 30.3 Å². The molecule has 23 heavy (non-hydrogen) atoms. The number of hydrogen-bond acceptors (Lipinski definition) is 4. The molecule has 5 nitrogen and oxygen atoms in total. The summed E-state index contributed by atoms with van der Waals surface area (Å²) in [5.41, 5.74) is 10.6. The maximum Gasteiger partial charge on any atom is 0.274 e. The van der Waals surface area contributed by atoms with Crippen molar-refractivity contribution in [3.8, 4) is 0 Å². The van der Waals surface area contributed by atoms with Crippen molar-refractivity contribution in [2.75, 3.05) is 5.73 Å². The molecule has 1 heterocycles. The van der Waals surface area contributed by atoms with Crippen LogP contribution in [0.1, 0.15) is 27.2 Å². The Morgan fingerprint density at radius 3 is 2.52 bits per heavy atom. The largest absolute Gasteiger partial charge is 0.396 e. The van der Waals surface area contributed by atoms with Gasteiger partial charge in [0.2, 0.25) is 0 Å². The smallest absolute Gasteiger partial charge is 0.274 e. The highest BCUT2D eigenvalue weighted by molar-refractivity contribution is 6.04. The number of nitrogen functional groups attached to an aromatic ring is 1. The number of nitrogens with zero attached hydrogens (tertiary/aromatic N) is 2. The summed E-state index contributed by atoms with van der Waals surface area (Å²) in [5.74, 6) is -0.320. The lowest BCUT2D eigenvalue weighted by molar-refractivity contribution is 0.0946. The first-order valence-electron chi connectivity index (χ1n) is 7.41. The molecule has 0 saturated carbocycles. The molecule has 0 saturated heterocycles. The standard InChI is InChI=1S/C18H18N4O/c1-11-8-14-15(9-12(11)2)21-22-17(16(14)19)18(23)20-10-13-6-4-3-5-7-13/h3-9H,10H2,1-2H3,(H2,19,21)(H,20,23). The fourth-order valence-corrected chi connectivity index (χ4v) is 2.41. The molecule has 0 aliphatic carbocycles. The van der Waals surface area contributed by atoms with E-state index in [4.69, 9.17) is 5.73 Å². The van der Waals surface area contributed by atoms with Crippen LogP contribution in [0.4, 0.5) is 5.69 Å². The second-order valence-electron chi connectivity index (χ2n) is 5.58. The molecule has 0 atom stereocenters. The molecule has 3 N–H and O–H groups in total. The average Bonchev–Trinajstić information content (AvgIpc) is 2.56. The molecule has 116 valence electrons. The Morgan fingerprint density at radius 1 is 1.09 bits per heavy atom. The van der Waals surface area contributed by atoms with Crippen LogP contribution in [0.5, 0.6) is 0 Å². The highest BCUT2D eigenvalue weighted by Crippen LogP contribution is 2.24. The molecule has 0 aliphatic heterocycles. The van der Waals surface area contributed by atoms with E-state index in [2.05, 4.69) is 15.5 Å². The van der Waals surface area contributed by atoms with Gasteiger partial charge in [-0.05, 0) is 42.7 Å². The van der Waals surface area contributed by atoms with E-state index < -0.39 is 0 Å². The van der Waals surface area contributed by atoms with Crippen molar-refractivity contribution in [1.29, 1.82) is 0 Å². The molecular weight excluding hydrogens is 288 g/mol. The van der Waals surface area contributed by atoms with Crippen LogP contribution < -0.4 is 11.1 Å². The van der Waals surface area contributed by atoms with Crippen LogP contribution in [0.3, 0.4) is 0 Å². The van der Waals surface area contributed by atoms with Crippen LogP contribution in [0.2, 0.25) is 0 Å². The van der Waals surface area contributed by atoms with Crippen molar-refractivity contribution in [2.24, 2.45) is 0 Å². The lowest BCUT2D eigenvalue weighted by Crippen LogP contribution is -2.25. The zero-order chi connectivity index (χ0) is 16.4. The Bertz CT molecular complexity index is 875. The van der Waals surface area contributed by atoms with E-state index in [0.29, 0.717) is 17.7 Å². The number of amides is 1. The lowest BCUT2D eigenvalue weighted by Gasteiger charge is -2.10. The quantitative estimate of drug-likeness (QED) is 0.779. The zero-order valence-corrected chi connectivity index (χ0v) is 13.1. The summed E-state index contributed by atoms with van der Waals surface area (Å²) < 4.78 is 0. The number of nitrogens with one attached hydrogen (secondary N) is 1. The third-order valence-corrected chi connectivity index (χ3v) is 3.93. The van der Waals surface area contributed by atoms with Gasteiger partial charge in [-0.3, -0.25) is 4.79 Å². The lowest BCUT2D eigenvalue weighted by atomic mass is 10.0. The van der Waals surface area contributed by atoms with Crippen molar-refractivity contribution >= 4 is 22.5 Å². The number of fused-ring (bicyclic) bond motifs is 1. The van der Waals surface area contributed by atoms with Crippen molar-refractivity contribution in [3.05, 3.63) is 64.8 Å². The van der Waals surface area contributed by atoms with Gasteiger partial charge in [-0.15, -0.1) is 10.2 Å². The molecule has 3 rings (SSSR count). The minimum absolute atomic E-state index is 0.164. The SMILES string of the molecule is Cc1cc2nnc(C(=O)NCc3ccccc3)c(N)c2cc1C. The van der Waals surface area contributed by atoms with Crippen LogP contribution >= 0.6 is 0 Å². The first-order valence-corrected chi connectivity index (χ1v) is 7.41. The maximum atomic E-state index is 12.3. The Balaban J connectivity index is 1.89. The van der Waals surface area contributed by atoms with E-state index in [1.165, 1.54) is 0 Å². The van der Waals surface area contributed by atoms with E-state index in [0.717, 1.165) is 22.1 Å². The molecule has 0 aliphatic rings. The first kappa shape index (κ1) is 15.0. The van der Waals surface area contributed by atoms with Crippen LogP contribution in [0.15, 0.2) is 42.5 Å². The van der Waals surface area contributed by atoms with Crippen molar-refractivity contribution in [1.82, 2.24) is 15.5 Å². The summed E-state index contributed by atoms with van der Waals surface area (Å²) >= 11 is 0. The number of aromatic nitrogens is 2. The molecule has 1 amide bonds. The molecular formula is C18H18N4O. The summed E-state index contributed by atoms with van der Waals surface area (Å²) in [6.45, 7) is 4.43. The fourth-order valence-electron chi connectivity index (χ4n) is 2.41. The van der Waals surface area contributed by atoms with Crippen molar-refractivity contribution in [3.63, 3.8) is 0 Å². The second kappa shape index (κ2) is 6.04. The number of nitrogens with two attached hydrogens (primary N) is 1. The third kappa shape index (κ3) is 2.99. The van der Waals surface area contributed by atoms with E-state index in [9.17, 15) is 4.79 Å². The Hall–Kier alpha value is -2.95. The van der Waals surface area contributed by atoms with Gasteiger partial charge in [0, 0.05) is 11.9 Å². The number of carbonyl (C=O) groups is 1. The Kier molecular flexibility index (Phi) is 3.93. The first-order chi connectivity index (χ1) is 11.1. The molecule has 1 aromatic heterocycles. The van der Waals surface area contributed by atoms with Crippen LogP contribution in [-0.2, 0) is 6.54 Å². The Morgan fingerprint density at radius 2 is 1.78 bits per heavy atom. The maximum absolute atomic E-state index is 12.3. The monoisotopic (exact) mass is 306 g/mol. The van der Waals surface area contributed by atoms with Crippen LogP contribution in [0, 0.1) is 13.8 Å². The predicted molar refractivity (Wildman–Crippen MR) is 91.0 cm³/mol. The topological polar surface area (TPSA) is 80.9 Å². The molecule has 5 heteroatoms. The number of benzene rings is 2. The molecule has 0 bridgehead atoms. The normalized spacial score (nSPS) is 10.7. The van der Waals surface area contributed by atoms with Gasteiger partial charge in [0.25, 0.3) is 5.91 Å². The molecule has 3 aromatic rings. The van der Waals surface area contributed by atoms with Crippen LogP contribution in [0.25, 0.3) is 10.9 Å². The predicted octanol–water partition coefficient (Wildman–Crippen LogP) is 2.76. The minimum Gasteiger partial charge on any atom is -0.396 e. The summed E-state index contributed by atoms with van der Waals surface area (Å²) in [6.07, 6.45) is 0. The molecule has 2 aromatic carbocycles. The van der Waals surface area contributed by atoms with Crippen molar-refractivity contribution < 1.29 is 4.79 Å². The molecule has 0 spiro atoms. The molecule has 0 radical (unpaired) electrons. The summed E-state index contributed by atoms with van der Waals surface area (Å²) in [7, 11) is 0. The number of anilines is 1. The van der Waals surface area contributed by atoms with E-state index >= 15 is 0 Å². The highest BCUT2D eigenvalue weighted by atomic mass is 16.1. The van der Waals surface area contributed by atoms with Gasteiger partial charge in [0.05, 0.1) is 11.2 Å². The van der Waals surface area contributed by atoms with E-state index in [1.54, 1.807) is 0 Å². The van der Waals surface area contributed by atoms with Gasteiger partial charge in [-0.2, -0.15) is 0 Å². The fraction of sp³-hybridized carbons (Fsp3) is 0.167. The number of aryl methyl sites for hydroxylation is 2. The van der Waals surface area contributed by atoms with E-state index in [1.807, 2.05) is 56.3 Å². The third-order valence-electron chi connectivity index (χ3n) is 3.93. The average molecular weight is 306 g/mol. The van der Waals surface area contributed by atoms with Gasteiger partial charge in [0.1, 0.15) is 0 Å². The van der Waals surface area contributed by atoms with Gasteiger partial charge in [0.15, 0.2) is 5.69 Å². The number of hydrogen-bond donors (Lipinski definition) is 2. The van der Waals surface area contributed by atoms with E-state index in [-0.39, 0.29) is 11.6 Å². The number of rotatable bonds is 3. The summed E-state index contributed by atoms with van der Waals surface area (Å²) in [6, 6.07) is 13.6. The zero-order valence-electron chi connectivity index (χ0n) is 13.1. The number of carbonyl (C=O) groups excluding carboxylic acids is 1. The van der Waals surface area contributed by atoms with Gasteiger partial charge in [-0.25, -0.2) is 0 Å². The molecule has 0 fully saturated rings. The summed E-state index contributed by atoms with van der Waals surface area (Å²) in [4.78, 5) is 12.3. The second-order valence-corrected chi connectivity index (χ2v) is 5.58. The summed E-state index contributed by atoms with van der Waals surface area (Å²) in [5, 5.41) is 11.7. The van der Waals surface area contributed by atoms with Gasteiger partial charge < -0.3 is 11.1 Å². The van der Waals surface area contributed by atoms with Gasteiger partial charge >= 0.3 is 0 Å². The minimum atomic E-state index is -0.320.